The second-order valence-electron chi connectivity index (χ2n) is 1.62. The normalized spacial score (nSPS) is 18.0. The fraction of sp³-hybridized carbons (Fsp3) is 1.00. The highest BCUT2D eigenvalue weighted by molar-refractivity contribution is 9.12. The van der Waals surface area contributed by atoms with E-state index in [-0.39, 0.29) is 4.83 Å². The molecule has 0 aliphatic rings. The van der Waals surface area contributed by atoms with Crippen LogP contribution in [-0.2, 0) is 5.11 Å². The zero-order chi connectivity index (χ0) is 6.57. The Kier molecular flexibility index (Phi) is 5.31. The third kappa shape index (κ3) is 3.05. The second-order valence-corrected chi connectivity index (χ2v) is 3.44. The number of hydrogen-bond donors (Lipinski definition) is 0. The number of hydrogen-bond acceptors (Lipinski definition) is 0. The monoisotopic (exact) mass is 243 g/mol. The lowest BCUT2D eigenvalue weighted by molar-refractivity contribution is 0.0897. The van der Waals surface area contributed by atoms with Crippen molar-refractivity contribution in [3.05, 3.63) is 0 Å². The lowest BCUT2D eigenvalue weighted by Gasteiger charge is -2.08. The molecule has 0 amide bonds. The Morgan fingerprint density at radius 1 is 1.62 bits per heavy atom. The molecule has 0 bridgehead atoms. The standard InChI is InChI=1S/C5H9Br2O/c1-2-5(8)4(7)3-6/h4-5H,2-3H2,1H3. The molecule has 1 radical (unpaired) electrons. The van der Waals surface area contributed by atoms with Crippen LogP contribution in [0.1, 0.15) is 13.3 Å². The molecule has 0 rings (SSSR count). The first kappa shape index (κ1) is 8.92. The van der Waals surface area contributed by atoms with Gasteiger partial charge in [0.1, 0.15) is 6.10 Å². The molecule has 0 heterocycles. The minimum Gasteiger partial charge on any atom is -0.232 e. The maximum absolute atomic E-state index is 10.7. The summed E-state index contributed by atoms with van der Waals surface area (Å²) in [4.78, 5) is 0.0903. The Balaban J connectivity index is 3.29. The van der Waals surface area contributed by atoms with Crippen molar-refractivity contribution < 1.29 is 5.11 Å². The minimum absolute atomic E-state index is 0.0903. The number of rotatable bonds is 3. The molecule has 0 saturated carbocycles. The smallest absolute Gasteiger partial charge is 0.106 e. The molecule has 0 spiro atoms. The molecule has 0 aromatic rings. The summed E-state index contributed by atoms with van der Waals surface area (Å²) in [5.74, 6) is 0. The summed E-state index contributed by atoms with van der Waals surface area (Å²) in [6.07, 6.45) is 0.232. The number of halogens is 2. The summed E-state index contributed by atoms with van der Waals surface area (Å²) in [5, 5.41) is 11.5. The van der Waals surface area contributed by atoms with E-state index in [1.807, 2.05) is 6.92 Å². The third-order valence-corrected chi connectivity index (χ3v) is 3.43. The zero-order valence-corrected chi connectivity index (χ0v) is 7.91. The Hall–Kier alpha value is 0.920. The summed E-state index contributed by atoms with van der Waals surface area (Å²) in [7, 11) is 0. The third-order valence-electron chi connectivity index (χ3n) is 0.953. The van der Waals surface area contributed by atoms with E-state index in [0.717, 1.165) is 5.33 Å². The van der Waals surface area contributed by atoms with Gasteiger partial charge in [-0.25, -0.2) is 5.11 Å². The fourth-order valence-electron chi connectivity index (χ4n) is 0.355. The van der Waals surface area contributed by atoms with E-state index in [2.05, 4.69) is 31.9 Å². The van der Waals surface area contributed by atoms with E-state index in [1.165, 1.54) is 0 Å². The molecule has 3 heteroatoms. The summed E-state index contributed by atoms with van der Waals surface area (Å²) in [5.41, 5.74) is 0. The second kappa shape index (κ2) is 4.77. The first-order valence-electron chi connectivity index (χ1n) is 2.58. The van der Waals surface area contributed by atoms with Gasteiger partial charge in [0, 0.05) is 5.33 Å². The highest BCUT2D eigenvalue weighted by atomic mass is 79.9. The first-order valence-corrected chi connectivity index (χ1v) is 4.62. The van der Waals surface area contributed by atoms with Crippen molar-refractivity contribution in [2.24, 2.45) is 0 Å². The molecule has 49 valence electrons. The molecule has 0 aromatic heterocycles. The van der Waals surface area contributed by atoms with E-state index >= 15 is 0 Å². The summed E-state index contributed by atoms with van der Waals surface area (Å²) < 4.78 is 0. The maximum atomic E-state index is 10.7. The average Bonchev–Trinajstić information content (AvgIpc) is 1.84. The first-order chi connectivity index (χ1) is 3.72. The SMILES string of the molecule is CCC([O])C(Br)CBr. The van der Waals surface area contributed by atoms with Gasteiger partial charge < -0.3 is 0 Å². The molecule has 1 nitrogen and oxygen atoms in total. The Bertz CT molecular complexity index is 50.4. The minimum atomic E-state index is -0.464. The zero-order valence-electron chi connectivity index (χ0n) is 4.73. The molecule has 0 aromatic carbocycles. The van der Waals surface area contributed by atoms with Crippen LogP contribution in [0.3, 0.4) is 0 Å². The average molecular weight is 245 g/mol. The van der Waals surface area contributed by atoms with Crippen molar-refractivity contribution in [3.8, 4) is 0 Å². The van der Waals surface area contributed by atoms with E-state index in [4.69, 9.17) is 0 Å². The van der Waals surface area contributed by atoms with Gasteiger partial charge in [0.15, 0.2) is 0 Å². The molecule has 0 aliphatic carbocycles. The molecule has 2 atom stereocenters. The highest BCUT2D eigenvalue weighted by Gasteiger charge is 2.12. The van der Waals surface area contributed by atoms with Crippen molar-refractivity contribution in [1.29, 1.82) is 0 Å². The van der Waals surface area contributed by atoms with Crippen molar-refractivity contribution in [3.63, 3.8) is 0 Å². The predicted molar refractivity (Wildman–Crippen MR) is 41.3 cm³/mol. The topological polar surface area (TPSA) is 19.9 Å². The van der Waals surface area contributed by atoms with Gasteiger partial charge in [0.2, 0.25) is 0 Å². The summed E-state index contributed by atoms with van der Waals surface area (Å²) in [6, 6.07) is 0. The molecule has 0 saturated heterocycles. The van der Waals surface area contributed by atoms with E-state index < -0.39 is 6.10 Å². The molecular formula is C5H9Br2O. The molecule has 8 heavy (non-hydrogen) atoms. The molecule has 0 N–H and O–H groups in total. The van der Waals surface area contributed by atoms with Crippen LogP contribution in [0.2, 0.25) is 0 Å². The van der Waals surface area contributed by atoms with Crippen LogP contribution in [0.25, 0.3) is 0 Å². The van der Waals surface area contributed by atoms with Gasteiger partial charge in [-0.05, 0) is 6.42 Å². The Labute approximate surface area is 66.7 Å². The van der Waals surface area contributed by atoms with Crippen molar-refractivity contribution >= 4 is 31.9 Å². The van der Waals surface area contributed by atoms with Crippen LogP contribution in [-0.4, -0.2) is 16.3 Å². The van der Waals surface area contributed by atoms with Crippen molar-refractivity contribution in [2.45, 2.75) is 24.3 Å². The predicted octanol–water partition coefficient (Wildman–Crippen LogP) is 2.35. The van der Waals surface area contributed by atoms with E-state index in [9.17, 15) is 5.11 Å². The molecule has 0 aliphatic heterocycles. The van der Waals surface area contributed by atoms with Gasteiger partial charge in [-0.2, -0.15) is 0 Å². The van der Waals surface area contributed by atoms with E-state index in [1.54, 1.807) is 0 Å². The molecule has 2 unspecified atom stereocenters. The summed E-state index contributed by atoms with van der Waals surface area (Å²) in [6.45, 7) is 1.90. The van der Waals surface area contributed by atoms with Gasteiger partial charge in [0.05, 0.1) is 4.83 Å². The van der Waals surface area contributed by atoms with Crippen LogP contribution >= 0.6 is 31.9 Å². The van der Waals surface area contributed by atoms with Crippen LogP contribution in [0.15, 0.2) is 0 Å². The molecule has 0 fully saturated rings. The van der Waals surface area contributed by atoms with Crippen LogP contribution in [0.5, 0.6) is 0 Å². The van der Waals surface area contributed by atoms with E-state index in [0.29, 0.717) is 6.42 Å². The highest BCUT2D eigenvalue weighted by Crippen LogP contribution is 2.11. The Morgan fingerprint density at radius 2 is 2.12 bits per heavy atom. The quantitative estimate of drug-likeness (QED) is 0.680. The lowest BCUT2D eigenvalue weighted by Crippen LogP contribution is -2.18. The largest absolute Gasteiger partial charge is 0.232 e. The maximum Gasteiger partial charge on any atom is 0.106 e. The van der Waals surface area contributed by atoms with Crippen molar-refractivity contribution in [1.82, 2.24) is 0 Å². The van der Waals surface area contributed by atoms with Crippen molar-refractivity contribution in [2.75, 3.05) is 5.33 Å². The van der Waals surface area contributed by atoms with Gasteiger partial charge in [-0.3, -0.25) is 0 Å². The van der Waals surface area contributed by atoms with Gasteiger partial charge in [-0.1, -0.05) is 38.8 Å². The van der Waals surface area contributed by atoms with Gasteiger partial charge >= 0.3 is 0 Å². The van der Waals surface area contributed by atoms with Gasteiger partial charge in [-0.15, -0.1) is 0 Å². The van der Waals surface area contributed by atoms with Crippen LogP contribution in [0, 0.1) is 0 Å². The fourth-order valence-corrected chi connectivity index (χ4v) is 1.15. The summed E-state index contributed by atoms with van der Waals surface area (Å²) >= 11 is 6.45. The van der Waals surface area contributed by atoms with Gasteiger partial charge in [0.25, 0.3) is 0 Å². The van der Waals surface area contributed by atoms with Crippen LogP contribution < -0.4 is 0 Å². The molecular weight excluding hydrogens is 236 g/mol. The number of alkyl halides is 2. The Morgan fingerprint density at radius 3 is 2.25 bits per heavy atom. The van der Waals surface area contributed by atoms with Crippen LogP contribution in [0.4, 0.5) is 0 Å². The lowest BCUT2D eigenvalue weighted by atomic mass is 10.2.